The van der Waals surface area contributed by atoms with Crippen LogP contribution in [0, 0.1) is 6.92 Å². The van der Waals surface area contributed by atoms with Gasteiger partial charge in [0.15, 0.2) is 0 Å². The van der Waals surface area contributed by atoms with Gasteiger partial charge in [-0.3, -0.25) is 19.2 Å². The third kappa shape index (κ3) is 2.43. The zero-order valence-corrected chi connectivity index (χ0v) is 10.9. The van der Waals surface area contributed by atoms with Crippen molar-refractivity contribution in [2.75, 3.05) is 7.05 Å². The van der Waals surface area contributed by atoms with Crippen LogP contribution in [0.5, 0.6) is 0 Å². The second kappa shape index (κ2) is 4.89. The van der Waals surface area contributed by atoms with E-state index in [1.807, 2.05) is 20.0 Å². The molecule has 0 aromatic carbocycles. The van der Waals surface area contributed by atoms with Crippen LogP contribution in [0.4, 0.5) is 0 Å². The molecule has 1 unspecified atom stereocenters. The van der Waals surface area contributed by atoms with E-state index in [0.717, 1.165) is 11.4 Å². The lowest BCUT2D eigenvalue weighted by Crippen LogP contribution is -2.51. The number of carbonyl (C=O) groups is 2. The molecule has 1 saturated heterocycles. The zero-order chi connectivity index (χ0) is 13.3. The fraction of sp³-hybridized carbons (Fsp3) is 0.583. The third-order valence-electron chi connectivity index (χ3n) is 3.28. The van der Waals surface area contributed by atoms with Gasteiger partial charge in [0.25, 0.3) is 0 Å². The molecule has 6 heteroatoms. The predicted molar refractivity (Wildman–Crippen MR) is 65.6 cm³/mol. The van der Waals surface area contributed by atoms with Crippen LogP contribution in [0.25, 0.3) is 0 Å². The Morgan fingerprint density at radius 2 is 2.17 bits per heavy atom. The SMILES string of the molecule is Cc1cc(CNC2CCC(=O)N(C)C2=O)n(C)n1. The van der Waals surface area contributed by atoms with Crippen LogP contribution in [-0.2, 0) is 23.2 Å². The molecule has 1 aromatic rings. The number of hydrogen-bond donors (Lipinski definition) is 1. The molecular formula is C12H18N4O2. The first-order chi connectivity index (χ1) is 8.49. The van der Waals surface area contributed by atoms with E-state index >= 15 is 0 Å². The van der Waals surface area contributed by atoms with Crippen LogP contribution >= 0.6 is 0 Å². The Kier molecular flexibility index (Phi) is 3.47. The smallest absolute Gasteiger partial charge is 0.246 e. The standard InChI is InChI=1S/C12H18N4O2/c1-8-6-9(16(3)14-8)7-13-10-4-5-11(17)15(2)12(10)18/h6,10,13H,4-5,7H2,1-3H3. The largest absolute Gasteiger partial charge is 0.300 e. The number of amides is 2. The number of imide groups is 1. The lowest BCUT2D eigenvalue weighted by Gasteiger charge is -2.28. The maximum absolute atomic E-state index is 11.9. The number of likely N-dealkylation sites (N-methyl/N-ethyl adjacent to an activating group) is 1. The summed E-state index contributed by atoms with van der Waals surface area (Å²) in [6, 6.07) is 1.71. The zero-order valence-electron chi connectivity index (χ0n) is 10.9. The minimum absolute atomic E-state index is 0.102. The molecule has 0 saturated carbocycles. The molecule has 0 bridgehead atoms. The summed E-state index contributed by atoms with van der Waals surface area (Å²) in [5.74, 6) is -0.250. The second-order valence-corrected chi connectivity index (χ2v) is 4.66. The molecule has 2 heterocycles. The fourth-order valence-electron chi connectivity index (χ4n) is 2.16. The van der Waals surface area contributed by atoms with Crippen molar-refractivity contribution in [3.8, 4) is 0 Å². The van der Waals surface area contributed by atoms with E-state index in [9.17, 15) is 9.59 Å². The summed E-state index contributed by atoms with van der Waals surface area (Å²) >= 11 is 0. The number of likely N-dealkylation sites (tertiary alicyclic amines) is 1. The van der Waals surface area contributed by atoms with Crippen molar-refractivity contribution in [3.05, 3.63) is 17.5 Å². The van der Waals surface area contributed by atoms with Gasteiger partial charge in [0, 0.05) is 27.1 Å². The highest BCUT2D eigenvalue weighted by Gasteiger charge is 2.31. The number of nitrogens with zero attached hydrogens (tertiary/aromatic N) is 3. The van der Waals surface area contributed by atoms with E-state index < -0.39 is 0 Å². The summed E-state index contributed by atoms with van der Waals surface area (Å²) in [5.41, 5.74) is 1.98. The summed E-state index contributed by atoms with van der Waals surface area (Å²) in [5, 5.41) is 7.44. The van der Waals surface area contributed by atoms with Crippen LogP contribution < -0.4 is 5.32 Å². The topological polar surface area (TPSA) is 67.2 Å². The van der Waals surface area contributed by atoms with Crippen LogP contribution in [0.1, 0.15) is 24.2 Å². The molecule has 0 aliphatic carbocycles. The minimum atomic E-state index is -0.275. The van der Waals surface area contributed by atoms with E-state index in [4.69, 9.17) is 0 Å². The molecule has 1 aliphatic heterocycles. The molecular weight excluding hydrogens is 232 g/mol. The monoisotopic (exact) mass is 250 g/mol. The first-order valence-electron chi connectivity index (χ1n) is 6.02. The van der Waals surface area contributed by atoms with Gasteiger partial charge in [-0.2, -0.15) is 5.10 Å². The molecule has 1 aliphatic rings. The van der Waals surface area contributed by atoms with Gasteiger partial charge in [0.05, 0.1) is 17.4 Å². The van der Waals surface area contributed by atoms with E-state index in [1.54, 1.807) is 4.68 Å². The first-order valence-corrected chi connectivity index (χ1v) is 6.02. The Bertz CT molecular complexity index is 480. The molecule has 98 valence electrons. The number of aryl methyl sites for hydroxylation is 2. The molecule has 0 radical (unpaired) electrons. The van der Waals surface area contributed by atoms with Crippen LogP contribution in [0.15, 0.2) is 6.07 Å². The molecule has 2 rings (SSSR count). The number of aromatic nitrogens is 2. The maximum atomic E-state index is 11.9. The Morgan fingerprint density at radius 3 is 2.78 bits per heavy atom. The van der Waals surface area contributed by atoms with E-state index in [2.05, 4.69) is 10.4 Å². The van der Waals surface area contributed by atoms with Crippen molar-refractivity contribution in [3.63, 3.8) is 0 Å². The number of piperidine rings is 1. The highest BCUT2D eigenvalue weighted by molar-refractivity contribution is 6.00. The van der Waals surface area contributed by atoms with Gasteiger partial charge < -0.3 is 5.32 Å². The molecule has 1 N–H and O–H groups in total. The van der Waals surface area contributed by atoms with Crippen LogP contribution in [-0.4, -0.2) is 39.6 Å². The maximum Gasteiger partial charge on any atom is 0.246 e. The second-order valence-electron chi connectivity index (χ2n) is 4.66. The normalized spacial score (nSPS) is 20.6. The van der Waals surface area contributed by atoms with Crippen molar-refractivity contribution in [1.82, 2.24) is 20.0 Å². The fourth-order valence-corrected chi connectivity index (χ4v) is 2.16. The number of rotatable bonds is 3. The first kappa shape index (κ1) is 12.8. The van der Waals surface area contributed by atoms with Crippen molar-refractivity contribution in [2.45, 2.75) is 32.4 Å². The molecule has 1 atom stereocenters. The van der Waals surface area contributed by atoms with Gasteiger partial charge in [-0.1, -0.05) is 0 Å². The highest BCUT2D eigenvalue weighted by Crippen LogP contribution is 2.12. The van der Waals surface area contributed by atoms with Crippen LogP contribution in [0.3, 0.4) is 0 Å². The number of nitrogens with one attached hydrogen (secondary N) is 1. The van der Waals surface area contributed by atoms with Crippen molar-refractivity contribution in [2.24, 2.45) is 7.05 Å². The van der Waals surface area contributed by atoms with Gasteiger partial charge in [-0.15, -0.1) is 0 Å². The average Bonchev–Trinajstić information content (AvgIpc) is 2.64. The number of hydrogen-bond acceptors (Lipinski definition) is 4. The Balaban J connectivity index is 1.96. The third-order valence-corrected chi connectivity index (χ3v) is 3.28. The summed E-state index contributed by atoms with van der Waals surface area (Å²) in [6.45, 7) is 2.51. The van der Waals surface area contributed by atoms with E-state index in [-0.39, 0.29) is 17.9 Å². The highest BCUT2D eigenvalue weighted by atomic mass is 16.2. The molecule has 6 nitrogen and oxygen atoms in total. The predicted octanol–water partition coefficient (Wildman–Crippen LogP) is -0.0345. The van der Waals surface area contributed by atoms with Gasteiger partial charge in [-0.05, 0) is 19.4 Å². The Morgan fingerprint density at radius 1 is 1.44 bits per heavy atom. The van der Waals surface area contributed by atoms with Gasteiger partial charge in [0.1, 0.15) is 0 Å². The average molecular weight is 250 g/mol. The Labute approximate surface area is 106 Å². The summed E-state index contributed by atoms with van der Waals surface area (Å²) in [6.07, 6.45) is 0.989. The lowest BCUT2D eigenvalue weighted by atomic mass is 10.0. The summed E-state index contributed by atoms with van der Waals surface area (Å²) < 4.78 is 1.80. The molecule has 1 aromatic heterocycles. The van der Waals surface area contributed by atoms with E-state index in [1.165, 1.54) is 11.9 Å². The van der Waals surface area contributed by atoms with Crippen molar-refractivity contribution >= 4 is 11.8 Å². The molecule has 2 amide bonds. The Hall–Kier alpha value is -1.69. The van der Waals surface area contributed by atoms with Crippen molar-refractivity contribution < 1.29 is 9.59 Å². The van der Waals surface area contributed by atoms with E-state index in [0.29, 0.717) is 19.4 Å². The molecule has 1 fully saturated rings. The van der Waals surface area contributed by atoms with Gasteiger partial charge in [0.2, 0.25) is 11.8 Å². The van der Waals surface area contributed by atoms with Gasteiger partial charge in [-0.25, -0.2) is 0 Å². The van der Waals surface area contributed by atoms with Crippen LogP contribution in [0.2, 0.25) is 0 Å². The van der Waals surface area contributed by atoms with Gasteiger partial charge >= 0.3 is 0 Å². The summed E-state index contributed by atoms with van der Waals surface area (Å²) in [7, 11) is 3.41. The summed E-state index contributed by atoms with van der Waals surface area (Å²) in [4.78, 5) is 24.4. The van der Waals surface area contributed by atoms with Crippen molar-refractivity contribution in [1.29, 1.82) is 0 Å². The lowest BCUT2D eigenvalue weighted by molar-refractivity contribution is -0.148. The molecule has 0 spiro atoms. The minimum Gasteiger partial charge on any atom is -0.300 e. The number of carbonyl (C=O) groups excluding carboxylic acids is 2. The molecule has 18 heavy (non-hydrogen) atoms. The quantitative estimate of drug-likeness (QED) is 0.765.